The molecule has 4 rings (SSSR count). The Balaban J connectivity index is 0.00000176. The van der Waals surface area contributed by atoms with Gasteiger partial charge in [0.25, 0.3) is 0 Å². The van der Waals surface area contributed by atoms with Gasteiger partial charge in [0.2, 0.25) is 0 Å². The summed E-state index contributed by atoms with van der Waals surface area (Å²) in [6.45, 7) is 12.3. The topological polar surface area (TPSA) is 43.6 Å². The van der Waals surface area contributed by atoms with Crippen LogP contribution in [0.5, 0.6) is 0 Å². The molecule has 0 bridgehead atoms. The van der Waals surface area contributed by atoms with Crippen molar-refractivity contribution in [2.45, 2.75) is 52.8 Å². The highest BCUT2D eigenvalue weighted by molar-refractivity contribution is 6.16. The van der Waals surface area contributed by atoms with Crippen molar-refractivity contribution in [3.05, 3.63) is 112 Å². The zero-order valence-electron chi connectivity index (χ0n) is 21.9. The normalized spacial score (nSPS) is 13.8. The fourth-order valence-corrected chi connectivity index (χ4v) is 4.71. The number of alkyl halides is 1. The van der Waals surface area contributed by atoms with Crippen molar-refractivity contribution >= 4 is 28.8 Å². The van der Waals surface area contributed by atoms with E-state index in [-0.39, 0.29) is 5.97 Å². The Morgan fingerprint density at radius 1 is 1.22 bits per heavy atom. The minimum absolute atomic E-state index is 0.319. The maximum Gasteiger partial charge on any atom is 0.337 e. The average molecular weight is 503 g/mol. The second-order valence-corrected chi connectivity index (χ2v) is 8.77. The number of ether oxygens (including phenoxy) is 1. The third-order valence-electron chi connectivity index (χ3n) is 6.15. The molecule has 4 nitrogen and oxygen atoms in total. The Hall–Kier alpha value is -3.37. The van der Waals surface area contributed by atoms with E-state index in [9.17, 15) is 4.79 Å². The minimum Gasteiger partial charge on any atom is -0.465 e. The quantitative estimate of drug-likeness (QED) is 0.194. The molecule has 0 aliphatic heterocycles. The van der Waals surface area contributed by atoms with E-state index < -0.39 is 0 Å². The summed E-state index contributed by atoms with van der Waals surface area (Å²) in [5.41, 5.74) is 10.2. The van der Waals surface area contributed by atoms with Gasteiger partial charge in [0.1, 0.15) is 5.65 Å². The largest absolute Gasteiger partial charge is 0.465 e. The molecular weight excluding hydrogens is 468 g/mol. The Bertz CT molecular complexity index is 1360. The molecule has 1 aliphatic carbocycles. The lowest BCUT2D eigenvalue weighted by Crippen LogP contribution is -2.04. The summed E-state index contributed by atoms with van der Waals surface area (Å²) in [5.74, 6) is 0.0523. The first-order chi connectivity index (χ1) is 17.5. The number of benzene rings is 1. The van der Waals surface area contributed by atoms with Gasteiger partial charge in [-0.1, -0.05) is 50.3 Å². The summed E-state index contributed by atoms with van der Waals surface area (Å²) in [5, 5.41) is 0. The highest BCUT2D eigenvalue weighted by Gasteiger charge is 2.23. The molecule has 2 aromatic heterocycles. The van der Waals surface area contributed by atoms with Crippen molar-refractivity contribution < 1.29 is 9.53 Å². The first kappa shape index (κ1) is 27.2. The van der Waals surface area contributed by atoms with Crippen molar-refractivity contribution in [2.24, 2.45) is 0 Å². The van der Waals surface area contributed by atoms with Crippen LogP contribution in [-0.2, 0) is 17.0 Å². The number of hydrogen-bond acceptors (Lipinski definition) is 3. The van der Waals surface area contributed by atoms with Crippen LogP contribution in [0.4, 0.5) is 0 Å². The Labute approximate surface area is 219 Å². The van der Waals surface area contributed by atoms with Crippen LogP contribution in [0.15, 0.2) is 84.3 Å². The molecule has 188 valence electrons. The third kappa shape index (κ3) is 5.71. The van der Waals surface area contributed by atoms with Gasteiger partial charge in [-0.15, -0.1) is 11.6 Å². The summed E-state index contributed by atoms with van der Waals surface area (Å²) in [6, 6.07) is 10.1. The molecule has 0 saturated heterocycles. The number of fused-ring (bicyclic) bond motifs is 2. The van der Waals surface area contributed by atoms with E-state index in [2.05, 4.69) is 42.8 Å². The number of carbonyl (C=O) groups is 1. The molecule has 0 radical (unpaired) electrons. The number of rotatable bonds is 6. The molecule has 0 atom stereocenters. The van der Waals surface area contributed by atoms with Gasteiger partial charge >= 0.3 is 5.97 Å². The first-order valence-electron chi connectivity index (χ1n) is 12.4. The summed E-state index contributed by atoms with van der Waals surface area (Å²) < 4.78 is 6.96. The highest BCUT2D eigenvalue weighted by atomic mass is 35.5. The van der Waals surface area contributed by atoms with Gasteiger partial charge in [-0.05, 0) is 90.8 Å². The number of hydrogen-bond donors (Lipinski definition) is 0. The van der Waals surface area contributed by atoms with Crippen molar-refractivity contribution in [3.63, 3.8) is 0 Å². The molecule has 36 heavy (non-hydrogen) atoms. The van der Waals surface area contributed by atoms with E-state index in [0.717, 1.165) is 64.0 Å². The van der Waals surface area contributed by atoms with Crippen molar-refractivity contribution in [3.8, 4) is 0 Å². The SMILES string of the molecule is C=C(C)/C(=C\C=C/C)C1=C(c2ccn3cc(CCl)nc3c2)c2ccc(C(=O)OC)cc2CCC1.CC. The third-order valence-corrected chi connectivity index (χ3v) is 6.42. The lowest BCUT2D eigenvalue weighted by atomic mass is 9.85. The lowest BCUT2D eigenvalue weighted by Gasteiger charge is -2.19. The fraction of sp³-hybridized carbons (Fsp3) is 0.290. The Kier molecular flexibility index (Phi) is 9.49. The molecule has 0 fully saturated rings. The number of imidazole rings is 1. The van der Waals surface area contributed by atoms with Crippen LogP contribution in [0.25, 0.3) is 11.2 Å². The van der Waals surface area contributed by atoms with Gasteiger partial charge in [0.05, 0.1) is 24.2 Å². The number of allylic oxidation sites excluding steroid dienone is 6. The first-order valence-corrected chi connectivity index (χ1v) is 13.0. The van der Waals surface area contributed by atoms with E-state index in [1.807, 2.05) is 61.8 Å². The van der Waals surface area contributed by atoms with Crippen molar-refractivity contribution in [1.29, 1.82) is 0 Å². The number of esters is 1. The van der Waals surface area contributed by atoms with Crippen LogP contribution >= 0.6 is 11.6 Å². The van der Waals surface area contributed by atoms with Gasteiger partial charge < -0.3 is 9.14 Å². The van der Waals surface area contributed by atoms with Crippen LogP contribution in [0, 0.1) is 0 Å². The van der Waals surface area contributed by atoms with Gasteiger partial charge in [-0.25, -0.2) is 9.78 Å². The van der Waals surface area contributed by atoms with E-state index in [0.29, 0.717) is 11.4 Å². The number of nitrogens with zero attached hydrogens (tertiary/aromatic N) is 2. The molecule has 0 amide bonds. The molecule has 0 spiro atoms. The molecule has 1 aromatic carbocycles. The fourth-order valence-electron chi connectivity index (χ4n) is 4.58. The summed E-state index contributed by atoms with van der Waals surface area (Å²) in [4.78, 5) is 16.9. The van der Waals surface area contributed by atoms with Crippen LogP contribution in [0.1, 0.15) is 73.3 Å². The second kappa shape index (κ2) is 12.5. The smallest absolute Gasteiger partial charge is 0.337 e. The maximum absolute atomic E-state index is 12.2. The maximum atomic E-state index is 12.2. The van der Waals surface area contributed by atoms with Crippen LogP contribution < -0.4 is 0 Å². The minimum atomic E-state index is -0.319. The number of methoxy groups -OCH3 is 1. The summed E-state index contributed by atoms with van der Waals surface area (Å²) >= 11 is 6.03. The van der Waals surface area contributed by atoms with Gasteiger partial charge in [0.15, 0.2) is 0 Å². The molecule has 0 unspecified atom stereocenters. The predicted octanol–water partition coefficient (Wildman–Crippen LogP) is 8.10. The van der Waals surface area contributed by atoms with Crippen LogP contribution in [0.2, 0.25) is 0 Å². The molecule has 1 aliphatic rings. The zero-order valence-corrected chi connectivity index (χ0v) is 22.7. The van der Waals surface area contributed by atoms with E-state index in [4.69, 9.17) is 16.3 Å². The number of pyridine rings is 1. The van der Waals surface area contributed by atoms with Crippen LogP contribution in [-0.4, -0.2) is 22.5 Å². The Morgan fingerprint density at radius 2 is 2.00 bits per heavy atom. The highest BCUT2D eigenvalue weighted by Crippen LogP contribution is 2.40. The van der Waals surface area contributed by atoms with E-state index in [1.54, 1.807) is 0 Å². The van der Waals surface area contributed by atoms with E-state index >= 15 is 0 Å². The molecular formula is C31H35ClN2O2. The van der Waals surface area contributed by atoms with Gasteiger partial charge in [-0.3, -0.25) is 0 Å². The number of halogens is 1. The monoisotopic (exact) mass is 502 g/mol. The van der Waals surface area contributed by atoms with Gasteiger partial charge in [0, 0.05) is 12.4 Å². The van der Waals surface area contributed by atoms with Crippen molar-refractivity contribution in [1.82, 2.24) is 9.38 Å². The molecule has 3 aromatic rings. The Morgan fingerprint density at radius 3 is 2.67 bits per heavy atom. The zero-order chi connectivity index (χ0) is 26.2. The average Bonchev–Trinajstić information content (AvgIpc) is 3.23. The molecule has 5 heteroatoms. The standard InChI is InChI=1S/C29H29ClN2O2.C2H6/c1-5-6-9-24(19(2)3)26-10-7-8-20-15-22(29(33)34-4)11-12-25(20)28(26)21-13-14-32-18-23(17-30)31-27(32)16-21;1-2/h5-6,9,11-16,18H,2,7-8,10,17H2,1,3-4H3;1-2H3/b6-5-,24-9+;. The van der Waals surface area contributed by atoms with E-state index in [1.165, 1.54) is 12.7 Å². The lowest BCUT2D eigenvalue weighted by molar-refractivity contribution is 0.0600. The van der Waals surface area contributed by atoms with Gasteiger partial charge in [-0.2, -0.15) is 0 Å². The van der Waals surface area contributed by atoms with Crippen molar-refractivity contribution in [2.75, 3.05) is 7.11 Å². The second-order valence-electron chi connectivity index (χ2n) is 8.50. The summed E-state index contributed by atoms with van der Waals surface area (Å²) in [7, 11) is 1.41. The van der Waals surface area contributed by atoms with Crippen LogP contribution in [0.3, 0.4) is 0 Å². The predicted molar refractivity (Wildman–Crippen MR) is 151 cm³/mol. The molecule has 0 N–H and O–H groups in total. The number of aromatic nitrogens is 2. The molecule has 2 heterocycles. The molecule has 0 saturated carbocycles. The number of aryl methyl sites for hydroxylation is 1. The summed E-state index contributed by atoms with van der Waals surface area (Å²) in [6.07, 6.45) is 13.0. The number of carbonyl (C=O) groups excluding carboxylic acids is 1.